The fourth-order valence-electron chi connectivity index (χ4n) is 2.24. The van der Waals surface area contributed by atoms with Crippen LogP contribution < -0.4 is 4.72 Å². The van der Waals surface area contributed by atoms with Crippen LogP contribution in [0, 0.1) is 6.92 Å². The molecule has 2 aromatic rings. The number of hydrogen-bond donors (Lipinski definition) is 2. The van der Waals surface area contributed by atoms with E-state index in [1.165, 1.54) is 0 Å². The molecule has 146 valence electrons. The molecule has 0 heterocycles. The molecule has 2 aromatic carbocycles. The molecule has 4 nitrogen and oxygen atoms in total. The van der Waals surface area contributed by atoms with Gasteiger partial charge in [0.2, 0.25) is 10.0 Å². The average molecular weight is 380 g/mol. The summed E-state index contributed by atoms with van der Waals surface area (Å²) in [5, 5.41) is 8.70. The van der Waals surface area contributed by atoms with Gasteiger partial charge in [-0.05, 0) is 48.6 Å². The molecule has 5 heteroatoms. The van der Waals surface area contributed by atoms with Crippen molar-refractivity contribution < 1.29 is 13.5 Å². The Morgan fingerprint density at radius 2 is 1.46 bits per heavy atom. The van der Waals surface area contributed by atoms with Crippen LogP contribution in [0.1, 0.15) is 46.1 Å². The Morgan fingerprint density at radius 3 is 2.00 bits per heavy atom. The second kappa shape index (κ2) is 13.5. The molecule has 0 saturated carbocycles. The molecular weight excluding hydrogens is 346 g/mol. The van der Waals surface area contributed by atoms with Crippen molar-refractivity contribution in [2.75, 3.05) is 13.2 Å². The summed E-state index contributed by atoms with van der Waals surface area (Å²) >= 11 is 0. The summed E-state index contributed by atoms with van der Waals surface area (Å²) in [5.74, 6) is 0. The number of aliphatic hydroxyl groups excluding tert-OH is 1. The van der Waals surface area contributed by atoms with Gasteiger partial charge in [0, 0.05) is 13.2 Å². The molecule has 0 aromatic heterocycles. The van der Waals surface area contributed by atoms with Gasteiger partial charge in [-0.2, -0.15) is 0 Å². The molecule has 0 amide bonds. The first-order chi connectivity index (χ1) is 12.5. The van der Waals surface area contributed by atoms with Crippen molar-refractivity contribution in [2.24, 2.45) is 0 Å². The molecule has 0 aliphatic heterocycles. The first kappa shape index (κ1) is 24.3. The van der Waals surface area contributed by atoms with Crippen molar-refractivity contribution in [3.63, 3.8) is 0 Å². The summed E-state index contributed by atoms with van der Waals surface area (Å²) in [6.45, 7) is 10.4. The van der Waals surface area contributed by atoms with Crippen LogP contribution in [0.5, 0.6) is 0 Å². The van der Waals surface area contributed by atoms with Crippen LogP contribution in [0.4, 0.5) is 0 Å². The lowest BCUT2D eigenvalue weighted by molar-refractivity contribution is 0.285. The highest BCUT2D eigenvalue weighted by atomic mass is 32.2. The smallest absolute Gasteiger partial charge is 0.240 e. The van der Waals surface area contributed by atoms with Gasteiger partial charge in [-0.15, -0.1) is 0 Å². The number of aliphatic hydroxyl groups is 1. The molecule has 26 heavy (non-hydrogen) atoms. The molecule has 0 atom stereocenters. The van der Waals surface area contributed by atoms with Gasteiger partial charge >= 0.3 is 0 Å². The van der Waals surface area contributed by atoms with Gasteiger partial charge in [-0.1, -0.05) is 64.1 Å². The predicted molar refractivity (Wildman–Crippen MR) is 111 cm³/mol. The SMILES string of the molecule is CC.CC.Cc1ccccc1-c1ccc(S(=O)(=O)NCCCCO)cc1. The van der Waals surface area contributed by atoms with Gasteiger partial charge in [-0.3, -0.25) is 0 Å². The van der Waals surface area contributed by atoms with Crippen LogP contribution in [0.15, 0.2) is 53.4 Å². The normalized spacial score (nSPS) is 10.2. The minimum atomic E-state index is -3.48. The predicted octanol–water partition coefficient (Wildman–Crippen LogP) is 4.77. The van der Waals surface area contributed by atoms with Gasteiger partial charge in [-0.25, -0.2) is 13.1 Å². The molecule has 0 bridgehead atoms. The van der Waals surface area contributed by atoms with E-state index in [1.807, 2.05) is 71.0 Å². The average Bonchev–Trinajstić information content (AvgIpc) is 2.69. The Kier molecular flexibility index (Phi) is 12.6. The van der Waals surface area contributed by atoms with Gasteiger partial charge in [0.25, 0.3) is 0 Å². The summed E-state index contributed by atoms with van der Waals surface area (Å²) in [6.07, 6.45) is 1.21. The Morgan fingerprint density at radius 1 is 0.885 bits per heavy atom. The van der Waals surface area contributed by atoms with Crippen LogP contribution in [0.2, 0.25) is 0 Å². The molecule has 0 aliphatic rings. The van der Waals surface area contributed by atoms with E-state index in [-0.39, 0.29) is 11.5 Å². The third-order valence-electron chi connectivity index (χ3n) is 3.50. The van der Waals surface area contributed by atoms with E-state index in [4.69, 9.17) is 5.11 Å². The molecule has 0 aliphatic carbocycles. The van der Waals surface area contributed by atoms with E-state index in [2.05, 4.69) is 4.72 Å². The summed E-state index contributed by atoms with van der Waals surface area (Å²) < 4.78 is 26.8. The highest BCUT2D eigenvalue weighted by Gasteiger charge is 2.13. The Hall–Kier alpha value is -1.69. The summed E-state index contributed by atoms with van der Waals surface area (Å²) in [4.78, 5) is 0.258. The number of rotatable bonds is 7. The largest absolute Gasteiger partial charge is 0.396 e. The maximum atomic E-state index is 12.1. The highest BCUT2D eigenvalue weighted by Crippen LogP contribution is 2.24. The maximum absolute atomic E-state index is 12.1. The highest BCUT2D eigenvalue weighted by molar-refractivity contribution is 7.89. The van der Waals surface area contributed by atoms with E-state index >= 15 is 0 Å². The van der Waals surface area contributed by atoms with Crippen LogP contribution in [-0.4, -0.2) is 26.7 Å². The maximum Gasteiger partial charge on any atom is 0.240 e. The van der Waals surface area contributed by atoms with E-state index in [1.54, 1.807) is 12.1 Å². The molecule has 2 N–H and O–H groups in total. The lowest BCUT2D eigenvalue weighted by atomic mass is 10.0. The number of benzene rings is 2. The van der Waals surface area contributed by atoms with Crippen molar-refractivity contribution in [1.82, 2.24) is 4.72 Å². The zero-order valence-corrected chi connectivity index (χ0v) is 17.4. The molecule has 0 saturated heterocycles. The lowest BCUT2D eigenvalue weighted by Crippen LogP contribution is -2.24. The lowest BCUT2D eigenvalue weighted by Gasteiger charge is -2.09. The fourth-order valence-corrected chi connectivity index (χ4v) is 3.31. The summed E-state index contributed by atoms with van der Waals surface area (Å²) in [5.41, 5.74) is 3.25. The van der Waals surface area contributed by atoms with Gasteiger partial charge in [0.1, 0.15) is 0 Å². The standard InChI is InChI=1S/C17H21NO3S.2C2H6/c1-14-6-2-3-7-17(14)15-8-10-16(11-9-15)22(20,21)18-12-4-5-13-19;2*1-2/h2-3,6-11,18-19H,4-5,12-13H2,1H3;2*1-2H3. The van der Waals surface area contributed by atoms with Crippen molar-refractivity contribution >= 4 is 10.0 Å². The van der Waals surface area contributed by atoms with Crippen molar-refractivity contribution in [2.45, 2.75) is 52.4 Å². The number of aryl methyl sites for hydroxylation is 1. The van der Waals surface area contributed by atoms with Gasteiger partial charge in [0.15, 0.2) is 0 Å². The van der Waals surface area contributed by atoms with E-state index in [0.717, 1.165) is 16.7 Å². The third-order valence-corrected chi connectivity index (χ3v) is 4.97. The van der Waals surface area contributed by atoms with Gasteiger partial charge in [0.05, 0.1) is 4.90 Å². The van der Waals surface area contributed by atoms with E-state index in [9.17, 15) is 8.42 Å². The second-order valence-corrected chi connectivity index (χ2v) is 6.93. The monoisotopic (exact) mass is 379 g/mol. The van der Waals surface area contributed by atoms with Crippen LogP contribution in [-0.2, 0) is 10.0 Å². The van der Waals surface area contributed by atoms with Crippen molar-refractivity contribution in [3.05, 3.63) is 54.1 Å². The van der Waals surface area contributed by atoms with E-state index in [0.29, 0.717) is 19.4 Å². The molecule has 0 fully saturated rings. The minimum absolute atomic E-state index is 0.0762. The van der Waals surface area contributed by atoms with Crippen molar-refractivity contribution in [3.8, 4) is 11.1 Å². The topological polar surface area (TPSA) is 66.4 Å². The first-order valence-corrected chi connectivity index (χ1v) is 10.8. The molecule has 0 spiro atoms. The van der Waals surface area contributed by atoms with Crippen molar-refractivity contribution in [1.29, 1.82) is 0 Å². The van der Waals surface area contributed by atoms with Gasteiger partial charge < -0.3 is 5.11 Å². The number of hydrogen-bond acceptors (Lipinski definition) is 3. The zero-order valence-electron chi connectivity index (χ0n) is 16.6. The Balaban J connectivity index is 0.00000146. The number of nitrogens with one attached hydrogen (secondary N) is 1. The fraction of sp³-hybridized carbons (Fsp3) is 0.429. The number of sulfonamides is 1. The zero-order chi connectivity index (χ0) is 20.0. The first-order valence-electron chi connectivity index (χ1n) is 9.31. The van der Waals surface area contributed by atoms with Crippen LogP contribution >= 0.6 is 0 Å². The second-order valence-electron chi connectivity index (χ2n) is 5.17. The number of unbranched alkanes of at least 4 members (excludes halogenated alkanes) is 1. The van der Waals surface area contributed by atoms with Crippen LogP contribution in [0.25, 0.3) is 11.1 Å². The quantitative estimate of drug-likeness (QED) is 0.681. The molecular formula is C21H33NO3S. The Labute approximate surface area is 159 Å². The van der Waals surface area contributed by atoms with Crippen LogP contribution in [0.3, 0.4) is 0 Å². The summed E-state index contributed by atoms with van der Waals surface area (Å²) in [6, 6.07) is 14.9. The Bertz CT molecular complexity index is 710. The molecule has 0 radical (unpaired) electrons. The van der Waals surface area contributed by atoms with E-state index < -0.39 is 10.0 Å². The molecule has 2 rings (SSSR count). The molecule has 0 unspecified atom stereocenters. The summed E-state index contributed by atoms with van der Waals surface area (Å²) in [7, 11) is -3.48. The third kappa shape index (κ3) is 7.68. The minimum Gasteiger partial charge on any atom is -0.396 e.